The van der Waals surface area contributed by atoms with Gasteiger partial charge in [-0.25, -0.2) is 9.97 Å². The predicted molar refractivity (Wildman–Crippen MR) is 85.8 cm³/mol. The summed E-state index contributed by atoms with van der Waals surface area (Å²) in [6, 6.07) is 12.2. The molecule has 5 nitrogen and oxygen atoms in total. The van der Waals surface area contributed by atoms with E-state index in [1.54, 1.807) is 6.33 Å². The van der Waals surface area contributed by atoms with Gasteiger partial charge in [0.1, 0.15) is 12.1 Å². The first-order valence-electron chi connectivity index (χ1n) is 7.41. The number of hydrogen-bond acceptors (Lipinski definition) is 5. The Bertz CT molecular complexity index is 785. The molecule has 1 aliphatic rings. The standard InChI is InChI=1S/C17H16N4O/c1-2-4-13(5-3-1)15-10-16-14(11-18-15)17(20-12-19-16)21-6-8-22-9-7-21/h1-5,10-12H,6-9H2. The highest BCUT2D eigenvalue weighted by atomic mass is 16.5. The molecule has 1 saturated heterocycles. The van der Waals surface area contributed by atoms with E-state index in [9.17, 15) is 0 Å². The van der Waals surface area contributed by atoms with Crippen LogP contribution in [-0.2, 0) is 4.74 Å². The summed E-state index contributed by atoms with van der Waals surface area (Å²) in [6.45, 7) is 3.18. The summed E-state index contributed by atoms with van der Waals surface area (Å²) in [5, 5.41) is 0.990. The Hall–Kier alpha value is -2.53. The van der Waals surface area contributed by atoms with E-state index in [4.69, 9.17) is 4.74 Å². The van der Waals surface area contributed by atoms with Crippen molar-refractivity contribution < 1.29 is 4.74 Å². The number of hydrogen-bond donors (Lipinski definition) is 0. The first-order valence-corrected chi connectivity index (χ1v) is 7.41. The fraction of sp³-hybridized carbons (Fsp3) is 0.235. The fourth-order valence-corrected chi connectivity index (χ4v) is 2.73. The molecule has 0 unspecified atom stereocenters. The minimum absolute atomic E-state index is 0.737. The van der Waals surface area contributed by atoms with Crippen molar-refractivity contribution in [2.45, 2.75) is 0 Å². The van der Waals surface area contributed by atoms with Crippen LogP contribution in [0.25, 0.3) is 22.2 Å². The van der Waals surface area contributed by atoms with Crippen molar-refractivity contribution in [1.82, 2.24) is 15.0 Å². The van der Waals surface area contributed by atoms with Crippen molar-refractivity contribution >= 4 is 16.7 Å². The monoisotopic (exact) mass is 292 g/mol. The SMILES string of the molecule is c1ccc(-c2cc3ncnc(N4CCOCC4)c3cn2)cc1. The molecule has 0 atom stereocenters. The quantitative estimate of drug-likeness (QED) is 0.726. The van der Waals surface area contributed by atoms with Crippen LogP contribution < -0.4 is 4.90 Å². The molecular formula is C17H16N4O. The highest BCUT2D eigenvalue weighted by molar-refractivity contribution is 5.90. The Morgan fingerprint density at radius 3 is 2.59 bits per heavy atom. The number of fused-ring (bicyclic) bond motifs is 1. The van der Waals surface area contributed by atoms with Crippen molar-refractivity contribution in [1.29, 1.82) is 0 Å². The number of nitrogens with zero attached hydrogens (tertiary/aromatic N) is 4. The van der Waals surface area contributed by atoms with Crippen molar-refractivity contribution in [2.75, 3.05) is 31.2 Å². The van der Waals surface area contributed by atoms with Crippen LogP contribution in [0.3, 0.4) is 0 Å². The molecule has 110 valence electrons. The molecule has 0 aliphatic carbocycles. The van der Waals surface area contributed by atoms with Crippen LogP contribution >= 0.6 is 0 Å². The van der Waals surface area contributed by atoms with Gasteiger partial charge >= 0.3 is 0 Å². The summed E-state index contributed by atoms with van der Waals surface area (Å²) in [7, 11) is 0. The predicted octanol–water partition coefficient (Wildman–Crippen LogP) is 2.53. The van der Waals surface area contributed by atoms with E-state index in [1.807, 2.05) is 30.5 Å². The van der Waals surface area contributed by atoms with Crippen LogP contribution in [0.2, 0.25) is 0 Å². The number of benzene rings is 1. The minimum Gasteiger partial charge on any atom is -0.378 e. The number of aromatic nitrogens is 3. The van der Waals surface area contributed by atoms with Crippen LogP contribution in [0.1, 0.15) is 0 Å². The Balaban J connectivity index is 1.78. The zero-order chi connectivity index (χ0) is 14.8. The first kappa shape index (κ1) is 13.2. The van der Waals surface area contributed by atoms with Crippen LogP contribution in [0.4, 0.5) is 5.82 Å². The zero-order valence-corrected chi connectivity index (χ0v) is 12.1. The molecular weight excluding hydrogens is 276 g/mol. The lowest BCUT2D eigenvalue weighted by Gasteiger charge is -2.28. The van der Waals surface area contributed by atoms with Gasteiger partial charge in [0.15, 0.2) is 0 Å². The van der Waals surface area contributed by atoms with Gasteiger partial charge in [0, 0.05) is 24.8 Å². The molecule has 0 amide bonds. The summed E-state index contributed by atoms with van der Waals surface area (Å²) in [5.41, 5.74) is 2.95. The van der Waals surface area contributed by atoms with Crippen LogP contribution in [0.15, 0.2) is 48.9 Å². The molecule has 1 fully saturated rings. The van der Waals surface area contributed by atoms with Gasteiger partial charge in [-0.1, -0.05) is 30.3 Å². The molecule has 5 heteroatoms. The topological polar surface area (TPSA) is 51.1 Å². The maximum atomic E-state index is 5.41. The van der Waals surface area contributed by atoms with E-state index >= 15 is 0 Å². The third-order valence-corrected chi connectivity index (χ3v) is 3.88. The first-order chi connectivity index (χ1) is 10.9. The minimum atomic E-state index is 0.737. The molecule has 1 aliphatic heterocycles. The molecule has 0 spiro atoms. The number of pyridine rings is 1. The molecule has 4 rings (SSSR count). The molecule has 0 radical (unpaired) electrons. The summed E-state index contributed by atoms with van der Waals surface area (Å²) >= 11 is 0. The largest absolute Gasteiger partial charge is 0.378 e. The van der Waals surface area contributed by atoms with Crippen LogP contribution in [0, 0.1) is 0 Å². The zero-order valence-electron chi connectivity index (χ0n) is 12.1. The Morgan fingerprint density at radius 1 is 0.955 bits per heavy atom. The maximum Gasteiger partial charge on any atom is 0.141 e. The number of morpholine rings is 1. The van der Waals surface area contributed by atoms with Gasteiger partial charge < -0.3 is 9.64 Å². The second-order valence-corrected chi connectivity index (χ2v) is 5.25. The highest BCUT2D eigenvalue weighted by Gasteiger charge is 2.16. The third-order valence-electron chi connectivity index (χ3n) is 3.88. The molecule has 0 saturated carbocycles. The Morgan fingerprint density at radius 2 is 1.77 bits per heavy atom. The van der Waals surface area contributed by atoms with Crippen LogP contribution in [-0.4, -0.2) is 41.3 Å². The normalized spacial score (nSPS) is 15.2. The van der Waals surface area contributed by atoms with Crippen molar-refractivity contribution in [3.8, 4) is 11.3 Å². The average molecular weight is 292 g/mol. The molecule has 0 bridgehead atoms. The number of ether oxygens (including phenoxy) is 1. The molecule has 3 aromatic rings. The Kier molecular flexibility index (Phi) is 3.40. The van der Waals surface area contributed by atoms with E-state index in [-0.39, 0.29) is 0 Å². The maximum absolute atomic E-state index is 5.41. The van der Waals surface area contributed by atoms with Gasteiger partial charge in [-0.3, -0.25) is 4.98 Å². The average Bonchev–Trinajstić information content (AvgIpc) is 2.62. The van der Waals surface area contributed by atoms with E-state index < -0.39 is 0 Å². The lowest BCUT2D eigenvalue weighted by molar-refractivity contribution is 0.122. The fourth-order valence-electron chi connectivity index (χ4n) is 2.73. The number of rotatable bonds is 2. The van der Waals surface area contributed by atoms with Crippen molar-refractivity contribution in [3.05, 3.63) is 48.9 Å². The number of anilines is 1. The van der Waals surface area contributed by atoms with Gasteiger partial charge in [-0.05, 0) is 6.07 Å². The molecule has 2 aromatic heterocycles. The Labute approximate surface area is 128 Å². The second kappa shape index (κ2) is 5.69. The molecule has 0 N–H and O–H groups in total. The smallest absolute Gasteiger partial charge is 0.141 e. The lowest BCUT2D eigenvalue weighted by Crippen LogP contribution is -2.36. The van der Waals surface area contributed by atoms with E-state index in [0.29, 0.717) is 0 Å². The summed E-state index contributed by atoms with van der Waals surface area (Å²) < 4.78 is 5.41. The van der Waals surface area contributed by atoms with Gasteiger partial charge in [0.05, 0.1) is 29.8 Å². The van der Waals surface area contributed by atoms with Crippen LogP contribution in [0.5, 0.6) is 0 Å². The second-order valence-electron chi connectivity index (χ2n) is 5.25. The van der Waals surface area contributed by atoms with Gasteiger partial charge in [-0.2, -0.15) is 0 Å². The third kappa shape index (κ3) is 2.40. The van der Waals surface area contributed by atoms with Gasteiger partial charge in [-0.15, -0.1) is 0 Å². The van der Waals surface area contributed by atoms with E-state index in [1.165, 1.54) is 0 Å². The van der Waals surface area contributed by atoms with Gasteiger partial charge in [0.2, 0.25) is 0 Å². The van der Waals surface area contributed by atoms with Gasteiger partial charge in [0.25, 0.3) is 0 Å². The van der Waals surface area contributed by atoms with E-state index in [2.05, 4.69) is 32.0 Å². The van der Waals surface area contributed by atoms with Crippen molar-refractivity contribution in [3.63, 3.8) is 0 Å². The lowest BCUT2D eigenvalue weighted by atomic mass is 10.1. The van der Waals surface area contributed by atoms with Crippen molar-refractivity contribution in [2.24, 2.45) is 0 Å². The molecule has 3 heterocycles. The van der Waals surface area contributed by atoms with E-state index in [0.717, 1.165) is 54.3 Å². The summed E-state index contributed by atoms with van der Waals surface area (Å²) in [6.07, 6.45) is 3.50. The molecule has 22 heavy (non-hydrogen) atoms. The highest BCUT2D eigenvalue weighted by Crippen LogP contribution is 2.26. The summed E-state index contributed by atoms with van der Waals surface area (Å²) in [4.78, 5) is 15.7. The summed E-state index contributed by atoms with van der Waals surface area (Å²) in [5.74, 6) is 0.945. The molecule has 1 aromatic carbocycles.